The Kier molecular flexibility index (Phi) is 4.01. The molecule has 3 heteroatoms. The highest BCUT2D eigenvalue weighted by molar-refractivity contribution is 6.30. The molecular weight excluding hydrogens is 258 g/mol. The van der Waals surface area contributed by atoms with E-state index in [-0.39, 0.29) is 11.8 Å². The molecule has 0 saturated carbocycles. The standard InChI is InChI=1S/C16H18ClNO/c1-10-5-4-6-11(2)16(10)18-12(3)14-9-13(17)7-8-15(14)19/h4-9,12,18-19H,1-3H3/t12-/m1/s1. The maximum Gasteiger partial charge on any atom is 0.120 e. The Labute approximate surface area is 119 Å². The number of aryl methyl sites for hydroxylation is 2. The largest absolute Gasteiger partial charge is 0.508 e. The van der Waals surface area contributed by atoms with Gasteiger partial charge in [-0.2, -0.15) is 0 Å². The fraction of sp³-hybridized carbons (Fsp3) is 0.250. The number of rotatable bonds is 3. The molecule has 0 saturated heterocycles. The van der Waals surface area contributed by atoms with E-state index in [1.165, 1.54) is 11.1 Å². The van der Waals surface area contributed by atoms with E-state index in [0.29, 0.717) is 5.02 Å². The summed E-state index contributed by atoms with van der Waals surface area (Å²) >= 11 is 5.99. The Hall–Kier alpha value is -1.67. The third-order valence-electron chi connectivity index (χ3n) is 3.30. The van der Waals surface area contributed by atoms with Gasteiger partial charge >= 0.3 is 0 Å². The molecule has 0 heterocycles. The highest BCUT2D eigenvalue weighted by Gasteiger charge is 2.12. The van der Waals surface area contributed by atoms with Gasteiger partial charge in [0.15, 0.2) is 0 Å². The summed E-state index contributed by atoms with van der Waals surface area (Å²) in [4.78, 5) is 0. The van der Waals surface area contributed by atoms with E-state index in [1.54, 1.807) is 18.2 Å². The SMILES string of the molecule is Cc1cccc(C)c1N[C@H](C)c1cc(Cl)ccc1O. The lowest BCUT2D eigenvalue weighted by Gasteiger charge is -2.20. The lowest BCUT2D eigenvalue weighted by atomic mass is 10.0. The minimum atomic E-state index is -0.0153. The molecule has 0 aliphatic carbocycles. The van der Waals surface area contributed by atoms with Crippen molar-refractivity contribution in [2.24, 2.45) is 0 Å². The van der Waals surface area contributed by atoms with Gasteiger partial charge in [-0.1, -0.05) is 29.8 Å². The first kappa shape index (κ1) is 13.8. The zero-order valence-electron chi connectivity index (χ0n) is 11.4. The summed E-state index contributed by atoms with van der Waals surface area (Å²) in [6.07, 6.45) is 0. The summed E-state index contributed by atoms with van der Waals surface area (Å²) in [5.41, 5.74) is 4.28. The van der Waals surface area contributed by atoms with Crippen molar-refractivity contribution in [2.75, 3.05) is 5.32 Å². The van der Waals surface area contributed by atoms with Gasteiger partial charge in [0.2, 0.25) is 0 Å². The number of hydrogen-bond acceptors (Lipinski definition) is 2. The fourth-order valence-corrected chi connectivity index (χ4v) is 2.39. The van der Waals surface area contributed by atoms with E-state index >= 15 is 0 Å². The lowest BCUT2D eigenvalue weighted by molar-refractivity contribution is 0.465. The normalized spacial score (nSPS) is 12.2. The first-order chi connectivity index (χ1) is 8.99. The van der Waals surface area contributed by atoms with Crippen molar-refractivity contribution in [1.82, 2.24) is 0 Å². The van der Waals surface area contributed by atoms with Crippen molar-refractivity contribution in [3.8, 4) is 5.75 Å². The van der Waals surface area contributed by atoms with Crippen LogP contribution in [0.25, 0.3) is 0 Å². The van der Waals surface area contributed by atoms with Gasteiger partial charge in [-0.3, -0.25) is 0 Å². The van der Waals surface area contributed by atoms with Crippen LogP contribution in [0.5, 0.6) is 5.75 Å². The molecule has 0 amide bonds. The Balaban J connectivity index is 2.31. The van der Waals surface area contributed by atoms with Crippen molar-refractivity contribution in [3.63, 3.8) is 0 Å². The van der Waals surface area contributed by atoms with E-state index in [1.807, 2.05) is 13.0 Å². The molecular formula is C16H18ClNO. The van der Waals surface area contributed by atoms with Crippen molar-refractivity contribution >= 4 is 17.3 Å². The Morgan fingerprint density at radius 3 is 2.37 bits per heavy atom. The van der Waals surface area contributed by atoms with Crippen LogP contribution in [0.3, 0.4) is 0 Å². The maximum absolute atomic E-state index is 9.92. The third-order valence-corrected chi connectivity index (χ3v) is 3.53. The smallest absolute Gasteiger partial charge is 0.120 e. The van der Waals surface area contributed by atoms with Crippen molar-refractivity contribution < 1.29 is 5.11 Å². The Morgan fingerprint density at radius 1 is 1.11 bits per heavy atom. The number of nitrogens with one attached hydrogen (secondary N) is 1. The van der Waals surface area contributed by atoms with Crippen LogP contribution < -0.4 is 5.32 Å². The highest BCUT2D eigenvalue weighted by atomic mass is 35.5. The molecule has 0 aromatic heterocycles. The van der Waals surface area contributed by atoms with Crippen LogP contribution in [-0.4, -0.2) is 5.11 Å². The first-order valence-electron chi connectivity index (χ1n) is 6.30. The number of phenolic OH excluding ortho intramolecular Hbond substituents is 1. The molecule has 0 radical (unpaired) electrons. The van der Waals surface area contributed by atoms with Gasteiger partial charge in [0.25, 0.3) is 0 Å². The topological polar surface area (TPSA) is 32.3 Å². The van der Waals surface area contributed by atoms with E-state index in [0.717, 1.165) is 11.3 Å². The lowest BCUT2D eigenvalue weighted by Crippen LogP contribution is -2.09. The number of anilines is 1. The summed E-state index contributed by atoms with van der Waals surface area (Å²) in [6.45, 7) is 6.15. The molecule has 0 unspecified atom stereocenters. The minimum Gasteiger partial charge on any atom is -0.508 e. The van der Waals surface area contributed by atoms with Crippen LogP contribution in [0.15, 0.2) is 36.4 Å². The Morgan fingerprint density at radius 2 is 1.74 bits per heavy atom. The van der Waals surface area contributed by atoms with Gasteiger partial charge in [0.05, 0.1) is 6.04 Å². The first-order valence-corrected chi connectivity index (χ1v) is 6.68. The molecule has 0 bridgehead atoms. The molecule has 0 aliphatic rings. The average molecular weight is 276 g/mol. The van der Waals surface area contributed by atoms with Crippen LogP contribution >= 0.6 is 11.6 Å². The summed E-state index contributed by atoms with van der Waals surface area (Å²) in [5.74, 6) is 0.260. The summed E-state index contributed by atoms with van der Waals surface area (Å²) in [7, 11) is 0. The number of halogens is 1. The zero-order chi connectivity index (χ0) is 14.0. The van der Waals surface area contributed by atoms with Crippen molar-refractivity contribution in [1.29, 1.82) is 0 Å². The maximum atomic E-state index is 9.92. The molecule has 2 aromatic rings. The second-order valence-corrected chi connectivity index (χ2v) is 5.27. The quantitative estimate of drug-likeness (QED) is 0.840. The number of hydrogen-bond donors (Lipinski definition) is 2. The minimum absolute atomic E-state index is 0.0153. The van der Waals surface area contributed by atoms with Gasteiger partial charge < -0.3 is 10.4 Å². The number of phenols is 1. The monoisotopic (exact) mass is 275 g/mol. The molecule has 0 aliphatic heterocycles. The van der Waals surface area contributed by atoms with Gasteiger partial charge in [0, 0.05) is 16.3 Å². The molecule has 100 valence electrons. The molecule has 2 aromatic carbocycles. The number of benzene rings is 2. The summed E-state index contributed by atoms with van der Waals surface area (Å²) in [6, 6.07) is 11.3. The predicted molar refractivity (Wildman–Crippen MR) is 81.1 cm³/mol. The predicted octanol–water partition coefficient (Wildman–Crippen LogP) is 4.84. The fourth-order valence-electron chi connectivity index (χ4n) is 2.21. The van der Waals surface area contributed by atoms with Crippen molar-refractivity contribution in [2.45, 2.75) is 26.8 Å². The zero-order valence-corrected chi connectivity index (χ0v) is 12.1. The molecule has 19 heavy (non-hydrogen) atoms. The molecule has 2 rings (SSSR count). The van der Waals surface area contributed by atoms with Crippen LogP contribution in [0.2, 0.25) is 5.02 Å². The number of aromatic hydroxyl groups is 1. The molecule has 0 spiro atoms. The van der Waals surface area contributed by atoms with Crippen LogP contribution in [0.4, 0.5) is 5.69 Å². The van der Waals surface area contributed by atoms with Crippen molar-refractivity contribution in [3.05, 3.63) is 58.1 Å². The third kappa shape index (κ3) is 3.02. The van der Waals surface area contributed by atoms with Crippen LogP contribution in [0.1, 0.15) is 29.7 Å². The van der Waals surface area contributed by atoms with Crippen LogP contribution in [-0.2, 0) is 0 Å². The highest BCUT2D eigenvalue weighted by Crippen LogP contribution is 2.31. The summed E-state index contributed by atoms with van der Waals surface area (Å²) < 4.78 is 0. The van der Waals surface area contributed by atoms with E-state index < -0.39 is 0 Å². The molecule has 2 nitrogen and oxygen atoms in total. The molecule has 2 N–H and O–H groups in total. The average Bonchev–Trinajstić information content (AvgIpc) is 2.37. The van der Waals surface area contributed by atoms with Gasteiger partial charge in [0.1, 0.15) is 5.75 Å². The second kappa shape index (κ2) is 5.54. The molecule has 0 fully saturated rings. The Bertz CT molecular complexity index is 575. The van der Waals surface area contributed by atoms with Crippen LogP contribution in [0, 0.1) is 13.8 Å². The van der Waals surface area contributed by atoms with Gasteiger partial charge in [-0.15, -0.1) is 0 Å². The van der Waals surface area contributed by atoms with E-state index in [9.17, 15) is 5.11 Å². The van der Waals surface area contributed by atoms with E-state index in [2.05, 4.69) is 31.3 Å². The molecule has 1 atom stereocenters. The second-order valence-electron chi connectivity index (χ2n) is 4.84. The number of para-hydroxylation sites is 1. The van der Waals surface area contributed by atoms with E-state index in [4.69, 9.17) is 11.6 Å². The van der Waals surface area contributed by atoms with Gasteiger partial charge in [-0.25, -0.2) is 0 Å². The van der Waals surface area contributed by atoms with Gasteiger partial charge in [-0.05, 0) is 50.1 Å². The summed E-state index contributed by atoms with van der Waals surface area (Å²) in [5, 5.41) is 14.0.